The van der Waals surface area contributed by atoms with Gasteiger partial charge < -0.3 is 18.9 Å². The molecule has 0 unspecified atom stereocenters. The van der Waals surface area contributed by atoms with Crippen LogP contribution in [0.3, 0.4) is 0 Å². The lowest BCUT2D eigenvalue weighted by atomic mass is 10.1. The Morgan fingerprint density at radius 2 is 1.68 bits per heavy atom. The highest BCUT2D eigenvalue weighted by Gasteiger charge is 2.38. The minimum absolute atomic E-state index is 0.171. The van der Waals surface area contributed by atoms with E-state index in [1.165, 1.54) is 27.0 Å². The van der Waals surface area contributed by atoms with Crippen LogP contribution in [-0.2, 0) is 25.7 Å². The zero-order chi connectivity index (χ0) is 20.3. The Morgan fingerprint density at radius 1 is 1.00 bits per heavy atom. The molecule has 6 nitrogen and oxygen atoms in total. The second-order valence-corrected chi connectivity index (χ2v) is 6.86. The first kappa shape index (κ1) is 19.5. The van der Waals surface area contributed by atoms with Crippen LogP contribution in [0.1, 0.15) is 30.5 Å². The second-order valence-electron chi connectivity index (χ2n) is 6.86. The van der Waals surface area contributed by atoms with Gasteiger partial charge in [0.15, 0.2) is 11.5 Å². The summed E-state index contributed by atoms with van der Waals surface area (Å²) in [6.45, 7) is 5.43. The number of benzene rings is 2. The molecular weight excluding hydrogens is 360 g/mol. The molecule has 1 heterocycles. The molecule has 146 valence electrons. The molecule has 28 heavy (non-hydrogen) atoms. The Hall–Kier alpha value is -3.28. The van der Waals surface area contributed by atoms with Crippen LogP contribution in [0.5, 0.6) is 11.5 Å². The summed E-state index contributed by atoms with van der Waals surface area (Å²) in [6, 6.07) is 13.1. The van der Waals surface area contributed by atoms with Gasteiger partial charge in [-0.25, -0.2) is 9.59 Å². The van der Waals surface area contributed by atoms with Crippen molar-refractivity contribution in [2.24, 2.45) is 0 Å². The van der Waals surface area contributed by atoms with Crippen molar-refractivity contribution >= 4 is 18.0 Å². The van der Waals surface area contributed by atoms with E-state index in [1.54, 1.807) is 18.2 Å². The molecule has 3 rings (SSSR count). The van der Waals surface area contributed by atoms with Crippen molar-refractivity contribution in [2.75, 3.05) is 7.11 Å². The molecule has 0 spiro atoms. The number of cyclic esters (lactones) is 2. The fourth-order valence-corrected chi connectivity index (χ4v) is 2.77. The van der Waals surface area contributed by atoms with Crippen molar-refractivity contribution in [2.45, 2.75) is 33.2 Å². The molecule has 2 aromatic rings. The van der Waals surface area contributed by atoms with Crippen molar-refractivity contribution in [1.82, 2.24) is 0 Å². The van der Waals surface area contributed by atoms with E-state index in [1.807, 2.05) is 31.2 Å². The Bertz CT molecular complexity index is 920. The predicted octanol–water partition coefficient (Wildman–Crippen LogP) is 3.80. The standard InChI is InChI=1S/C22H22O6/c1-14-7-5-6-8-16(14)13-26-18-10-9-15(12-19(18)25-4)11-17-20(23)27-22(2,3)28-21(17)24/h5-12H,13H2,1-4H3. The molecule has 0 saturated carbocycles. The summed E-state index contributed by atoms with van der Waals surface area (Å²) >= 11 is 0. The summed E-state index contributed by atoms with van der Waals surface area (Å²) in [4.78, 5) is 24.2. The maximum absolute atomic E-state index is 12.1. The quantitative estimate of drug-likeness (QED) is 0.445. The van der Waals surface area contributed by atoms with Gasteiger partial charge in [0.05, 0.1) is 7.11 Å². The SMILES string of the molecule is COc1cc(C=C2C(=O)OC(C)(C)OC2=O)ccc1OCc1ccccc1C. The average molecular weight is 382 g/mol. The first-order chi connectivity index (χ1) is 13.3. The van der Waals surface area contributed by atoms with Crippen LogP contribution in [0.4, 0.5) is 0 Å². The largest absolute Gasteiger partial charge is 0.493 e. The highest BCUT2D eigenvalue weighted by molar-refractivity contribution is 6.18. The van der Waals surface area contributed by atoms with Crippen LogP contribution in [-0.4, -0.2) is 24.8 Å². The number of methoxy groups -OCH3 is 1. The number of rotatable bonds is 5. The molecule has 1 aliphatic rings. The van der Waals surface area contributed by atoms with Crippen LogP contribution >= 0.6 is 0 Å². The van der Waals surface area contributed by atoms with E-state index in [0.717, 1.165) is 11.1 Å². The van der Waals surface area contributed by atoms with E-state index in [0.29, 0.717) is 23.7 Å². The van der Waals surface area contributed by atoms with Crippen molar-refractivity contribution in [3.63, 3.8) is 0 Å². The molecule has 0 aromatic heterocycles. The lowest BCUT2D eigenvalue weighted by molar-refractivity contribution is -0.222. The lowest BCUT2D eigenvalue weighted by Gasteiger charge is -2.29. The van der Waals surface area contributed by atoms with Gasteiger partial charge in [-0.3, -0.25) is 0 Å². The van der Waals surface area contributed by atoms with E-state index in [2.05, 4.69) is 0 Å². The summed E-state index contributed by atoms with van der Waals surface area (Å²) in [5.41, 5.74) is 2.63. The normalized spacial score (nSPS) is 15.5. The zero-order valence-electron chi connectivity index (χ0n) is 16.3. The number of esters is 2. The van der Waals surface area contributed by atoms with Gasteiger partial charge in [-0.1, -0.05) is 30.3 Å². The smallest absolute Gasteiger partial charge is 0.348 e. The predicted molar refractivity (Wildman–Crippen MR) is 103 cm³/mol. The number of carbonyl (C=O) groups is 2. The Kier molecular flexibility index (Phi) is 5.40. The highest BCUT2D eigenvalue weighted by atomic mass is 16.7. The molecule has 1 saturated heterocycles. The molecular formula is C22H22O6. The van der Waals surface area contributed by atoms with Crippen LogP contribution < -0.4 is 9.47 Å². The summed E-state index contributed by atoms with van der Waals surface area (Å²) in [5, 5.41) is 0. The van der Waals surface area contributed by atoms with Gasteiger partial charge in [-0.05, 0) is 41.8 Å². The van der Waals surface area contributed by atoms with Crippen LogP contribution in [0, 0.1) is 6.92 Å². The second kappa shape index (κ2) is 7.76. The maximum Gasteiger partial charge on any atom is 0.348 e. The highest BCUT2D eigenvalue weighted by Crippen LogP contribution is 2.31. The summed E-state index contributed by atoms with van der Waals surface area (Å²) in [5.74, 6) is -1.67. The fourth-order valence-electron chi connectivity index (χ4n) is 2.77. The fraction of sp³-hybridized carbons (Fsp3) is 0.273. The average Bonchev–Trinajstić information content (AvgIpc) is 2.63. The number of carbonyl (C=O) groups excluding carboxylic acids is 2. The number of ether oxygens (including phenoxy) is 4. The first-order valence-corrected chi connectivity index (χ1v) is 8.83. The minimum Gasteiger partial charge on any atom is -0.493 e. The van der Waals surface area contributed by atoms with Gasteiger partial charge in [0, 0.05) is 13.8 Å². The van der Waals surface area contributed by atoms with Crippen LogP contribution in [0.15, 0.2) is 48.0 Å². The molecule has 2 aromatic carbocycles. The number of hydrogen-bond acceptors (Lipinski definition) is 6. The Balaban J connectivity index is 1.80. The Labute approximate surface area is 163 Å². The van der Waals surface area contributed by atoms with E-state index in [4.69, 9.17) is 18.9 Å². The third kappa shape index (κ3) is 4.34. The van der Waals surface area contributed by atoms with Gasteiger partial charge in [-0.2, -0.15) is 0 Å². The zero-order valence-corrected chi connectivity index (χ0v) is 16.3. The summed E-state index contributed by atoms with van der Waals surface area (Å²) in [7, 11) is 1.53. The van der Waals surface area contributed by atoms with E-state index in [9.17, 15) is 9.59 Å². The van der Waals surface area contributed by atoms with Crippen LogP contribution in [0.25, 0.3) is 6.08 Å². The van der Waals surface area contributed by atoms with Crippen molar-refractivity contribution in [3.05, 3.63) is 64.7 Å². The van der Waals surface area contributed by atoms with Crippen molar-refractivity contribution < 1.29 is 28.5 Å². The molecule has 0 atom stereocenters. The molecule has 1 fully saturated rings. The van der Waals surface area contributed by atoms with E-state index < -0.39 is 17.7 Å². The van der Waals surface area contributed by atoms with Crippen molar-refractivity contribution in [1.29, 1.82) is 0 Å². The van der Waals surface area contributed by atoms with Gasteiger partial charge in [-0.15, -0.1) is 0 Å². The summed E-state index contributed by atoms with van der Waals surface area (Å²) < 4.78 is 21.5. The van der Waals surface area contributed by atoms with Gasteiger partial charge in [0.2, 0.25) is 0 Å². The third-order valence-corrected chi connectivity index (χ3v) is 4.26. The molecule has 0 aliphatic carbocycles. The monoisotopic (exact) mass is 382 g/mol. The molecule has 0 amide bonds. The van der Waals surface area contributed by atoms with Gasteiger partial charge in [0.1, 0.15) is 12.2 Å². The molecule has 0 bridgehead atoms. The lowest BCUT2D eigenvalue weighted by Crippen LogP contribution is -2.41. The maximum atomic E-state index is 12.1. The van der Waals surface area contributed by atoms with Gasteiger partial charge in [0.25, 0.3) is 5.79 Å². The van der Waals surface area contributed by atoms with E-state index >= 15 is 0 Å². The molecule has 0 radical (unpaired) electrons. The first-order valence-electron chi connectivity index (χ1n) is 8.83. The van der Waals surface area contributed by atoms with Crippen molar-refractivity contribution in [3.8, 4) is 11.5 Å². The number of hydrogen-bond donors (Lipinski definition) is 0. The summed E-state index contributed by atoms with van der Waals surface area (Å²) in [6.07, 6.45) is 1.41. The van der Waals surface area contributed by atoms with Crippen LogP contribution in [0.2, 0.25) is 0 Å². The topological polar surface area (TPSA) is 71.1 Å². The third-order valence-electron chi connectivity index (χ3n) is 4.26. The molecule has 1 aliphatic heterocycles. The molecule has 6 heteroatoms. The minimum atomic E-state index is -1.27. The number of aryl methyl sites for hydroxylation is 1. The molecule has 0 N–H and O–H groups in total. The van der Waals surface area contributed by atoms with E-state index in [-0.39, 0.29) is 5.57 Å². The Morgan fingerprint density at radius 3 is 2.32 bits per heavy atom. The van der Waals surface area contributed by atoms with Gasteiger partial charge >= 0.3 is 11.9 Å².